The van der Waals surface area contributed by atoms with Crippen LogP contribution in [0.4, 0.5) is 0 Å². The molecule has 180 valence electrons. The van der Waals surface area contributed by atoms with Crippen molar-refractivity contribution in [1.82, 2.24) is 0 Å². The summed E-state index contributed by atoms with van der Waals surface area (Å²) in [6.07, 6.45) is 18.6. The van der Waals surface area contributed by atoms with Crippen LogP contribution >= 0.6 is 0 Å². The largest absolute Gasteiger partial charge is 1.00 e. The van der Waals surface area contributed by atoms with Gasteiger partial charge in [0.15, 0.2) is 0 Å². The molecule has 0 heterocycles. The molecule has 0 aliphatic rings. The van der Waals surface area contributed by atoms with Crippen molar-refractivity contribution in [3.05, 3.63) is 41.5 Å². The zero-order valence-corrected chi connectivity index (χ0v) is 25.3. The van der Waals surface area contributed by atoms with E-state index in [0.717, 1.165) is 42.0 Å². The molecule has 0 unspecified atom stereocenters. The van der Waals surface area contributed by atoms with Crippen LogP contribution in [0.25, 0.3) is 10.8 Å². The molecule has 2 rings (SSSR count). The Hall–Kier alpha value is 0.246. The summed E-state index contributed by atoms with van der Waals surface area (Å²) in [4.78, 5) is -0.0111. The molecular formula is C28H43KO3S. The van der Waals surface area contributed by atoms with Crippen molar-refractivity contribution in [2.45, 2.75) is 121 Å². The Morgan fingerprint density at radius 2 is 1.18 bits per heavy atom. The average molecular weight is 499 g/mol. The molecule has 33 heavy (non-hydrogen) atoms. The van der Waals surface area contributed by atoms with Gasteiger partial charge in [-0.25, -0.2) is 8.42 Å². The van der Waals surface area contributed by atoms with E-state index in [1.807, 2.05) is 12.1 Å². The number of hydrogen-bond donors (Lipinski definition) is 0. The molecule has 0 aliphatic carbocycles. The van der Waals surface area contributed by atoms with Gasteiger partial charge in [0, 0.05) is 0 Å². The molecule has 0 spiro atoms. The topological polar surface area (TPSA) is 57.2 Å². The third kappa shape index (κ3) is 11.2. The molecule has 0 bridgehead atoms. The number of fused-ring (bicyclic) bond motifs is 1. The predicted octanol–water partition coefficient (Wildman–Crippen LogP) is 5.33. The maximum atomic E-state index is 12.0. The second-order valence-corrected chi connectivity index (χ2v) is 10.6. The Labute approximate surface area is 245 Å². The van der Waals surface area contributed by atoms with Gasteiger partial charge in [-0.1, -0.05) is 115 Å². The third-order valence-corrected chi connectivity index (χ3v) is 7.47. The second kappa shape index (κ2) is 17.6. The van der Waals surface area contributed by atoms with Gasteiger partial charge in [-0.2, -0.15) is 0 Å². The van der Waals surface area contributed by atoms with E-state index in [2.05, 4.69) is 26.0 Å². The molecule has 0 fully saturated rings. The first kappa shape index (κ1) is 31.3. The molecular weight excluding hydrogens is 455 g/mol. The summed E-state index contributed by atoms with van der Waals surface area (Å²) in [6.45, 7) is 4.45. The third-order valence-electron chi connectivity index (χ3n) is 6.55. The van der Waals surface area contributed by atoms with E-state index in [0.29, 0.717) is 6.42 Å². The average Bonchev–Trinajstić information content (AvgIpc) is 2.77. The monoisotopic (exact) mass is 498 g/mol. The SMILES string of the molecule is CCCCCCCCCc1cccc2ccc(S(=O)(=O)[O-])c(CCCCCCCCC)c12.[K+]. The van der Waals surface area contributed by atoms with E-state index in [1.54, 1.807) is 0 Å². The van der Waals surface area contributed by atoms with Gasteiger partial charge in [-0.05, 0) is 53.6 Å². The number of hydrogen-bond acceptors (Lipinski definition) is 3. The second-order valence-electron chi connectivity index (χ2n) is 9.25. The van der Waals surface area contributed by atoms with Crippen molar-refractivity contribution in [2.75, 3.05) is 0 Å². The molecule has 0 aromatic heterocycles. The summed E-state index contributed by atoms with van der Waals surface area (Å²) in [5.41, 5.74) is 1.95. The van der Waals surface area contributed by atoms with Crippen molar-refractivity contribution in [2.24, 2.45) is 0 Å². The van der Waals surface area contributed by atoms with Crippen LogP contribution in [-0.4, -0.2) is 13.0 Å². The molecule has 2 aromatic rings. The van der Waals surface area contributed by atoms with Crippen molar-refractivity contribution in [3.8, 4) is 0 Å². The van der Waals surface area contributed by atoms with Crippen LogP contribution in [0.3, 0.4) is 0 Å². The Kier molecular flexibility index (Phi) is 16.7. The Balaban J connectivity index is 0.00000544. The van der Waals surface area contributed by atoms with Crippen molar-refractivity contribution in [1.29, 1.82) is 0 Å². The molecule has 0 atom stereocenters. The number of aryl methyl sites for hydroxylation is 2. The predicted molar refractivity (Wildman–Crippen MR) is 135 cm³/mol. The van der Waals surface area contributed by atoms with Gasteiger partial charge in [0.05, 0.1) is 4.90 Å². The molecule has 0 saturated carbocycles. The minimum Gasteiger partial charge on any atom is -0.744 e. The fraction of sp³-hybridized carbons (Fsp3) is 0.643. The van der Waals surface area contributed by atoms with Gasteiger partial charge in [-0.15, -0.1) is 0 Å². The Morgan fingerprint density at radius 3 is 1.73 bits per heavy atom. The van der Waals surface area contributed by atoms with Gasteiger partial charge < -0.3 is 4.55 Å². The summed E-state index contributed by atoms with van der Waals surface area (Å²) in [5, 5.41) is 2.07. The quantitative estimate of drug-likeness (QED) is 0.168. The molecule has 2 aromatic carbocycles. The first-order valence-electron chi connectivity index (χ1n) is 13.0. The maximum absolute atomic E-state index is 12.0. The van der Waals surface area contributed by atoms with Crippen LogP contribution in [-0.2, 0) is 23.0 Å². The molecule has 5 heteroatoms. The Morgan fingerprint density at radius 1 is 0.667 bits per heavy atom. The Bertz CT molecular complexity index is 909. The smallest absolute Gasteiger partial charge is 0.744 e. The van der Waals surface area contributed by atoms with Gasteiger partial charge >= 0.3 is 51.4 Å². The van der Waals surface area contributed by atoms with Gasteiger partial charge in [0.25, 0.3) is 0 Å². The first-order chi connectivity index (χ1) is 15.5. The standard InChI is InChI=1S/C28H44O3S.K/c1-3-5-7-9-11-13-15-18-24-19-17-20-25-22-23-27(32(29,30)31)26(28(24)25)21-16-14-12-10-8-6-4-2;/h17,19-20,22-23H,3-16,18,21H2,1-2H3,(H,29,30,31);/q;+1/p-1. The van der Waals surface area contributed by atoms with E-state index in [9.17, 15) is 13.0 Å². The maximum Gasteiger partial charge on any atom is 1.00 e. The molecule has 0 aliphatic heterocycles. The minimum atomic E-state index is -4.48. The van der Waals surface area contributed by atoms with Crippen molar-refractivity contribution < 1.29 is 64.4 Å². The van der Waals surface area contributed by atoms with Crippen molar-refractivity contribution >= 4 is 20.9 Å². The molecule has 0 saturated heterocycles. The van der Waals surface area contributed by atoms with E-state index in [1.165, 1.54) is 82.3 Å². The van der Waals surface area contributed by atoms with Crippen LogP contribution in [0.15, 0.2) is 35.2 Å². The summed E-state index contributed by atoms with van der Waals surface area (Å²) in [6, 6.07) is 9.55. The van der Waals surface area contributed by atoms with E-state index in [-0.39, 0.29) is 56.3 Å². The van der Waals surface area contributed by atoms with Crippen LogP contribution in [0.2, 0.25) is 0 Å². The summed E-state index contributed by atoms with van der Waals surface area (Å²) in [5.74, 6) is 0. The van der Waals surface area contributed by atoms with Crippen LogP contribution in [0.5, 0.6) is 0 Å². The molecule has 0 radical (unpaired) electrons. The van der Waals surface area contributed by atoms with E-state index < -0.39 is 10.1 Å². The van der Waals surface area contributed by atoms with E-state index >= 15 is 0 Å². The summed E-state index contributed by atoms with van der Waals surface area (Å²) >= 11 is 0. The van der Waals surface area contributed by atoms with E-state index in [4.69, 9.17) is 0 Å². The molecule has 0 N–H and O–H groups in total. The van der Waals surface area contributed by atoms with Crippen LogP contribution in [0, 0.1) is 0 Å². The first-order valence-corrected chi connectivity index (χ1v) is 14.4. The van der Waals surface area contributed by atoms with Gasteiger partial charge in [0.2, 0.25) is 0 Å². The number of rotatable bonds is 17. The fourth-order valence-corrected chi connectivity index (χ4v) is 5.48. The summed E-state index contributed by atoms with van der Waals surface area (Å²) in [7, 11) is -4.48. The normalized spacial score (nSPS) is 11.6. The fourth-order valence-electron chi connectivity index (χ4n) is 4.74. The number of benzene rings is 2. The van der Waals surface area contributed by atoms with Gasteiger partial charge in [-0.3, -0.25) is 0 Å². The molecule has 0 amide bonds. The zero-order valence-electron chi connectivity index (χ0n) is 21.3. The minimum absolute atomic E-state index is 0. The summed E-state index contributed by atoms with van der Waals surface area (Å²) < 4.78 is 36.1. The van der Waals surface area contributed by atoms with Crippen molar-refractivity contribution in [3.63, 3.8) is 0 Å². The van der Waals surface area contributed by atoms with Gasteiger partial charge in [0.1, 0.15) is 10.1 Å². The number of unbranched alkanes of at least 4 members (excludes halogenated alkanes) is 12. The van der Waals surface area contributed by atoms with Crippen LogP contribution in [0.1, 0.15) is 115 Å². The van der Waals surface area contributed by atoms with Crippen LogP contribution < -0.4 is 51.4 Å². The molecule has 3 nitrogen and oxygen atoms in total. The zero-order chi connectivity index (χ0) is 23.2.